The topological polar surface area (TPSA) is 63.2 Å². The Morgan fingerprint density at radius 1 is 0.178 bits per heavy atom. The predicted molar refractivity (Wildman–Crippen MR) is 364 cm³/mol. The molecule has 3 aliphatic rings. The Morgan fingerprint density at radius 3 is 0.700 bits per heavy atom. The first-order valence-corrected chi connectivity index (χ1v) is 30.2. The van der Waals surface area contributed by atoms with Crippen LogP contribution in [0.2, 0.25) is 0 Å². The number of nitrogens with zero attached hydrogens (tertiary/aromatic N) is 5. The van der Waals surface area contributed by atoms with E-state index < -0.39 is 0 Å². The Kier molecular flexibility index (Phi) is 12.7. The summed E-state index contributed by atoms with van der Waals surface area (Å²) in [6, 6.07) is 112. The molecule has 424 valence electrons. The van der Waals surface area contributed by atoms with Crippen molar-refractivity contribution in [3.05, 3.63) is 322 Å². The average Bonchev–Trinajstić information content (AvgIpc) is 0.699. The molecule has 0 N–H and O–H groups in total. The molecule has 0 atom stereocenters. The van der Waals surface area contributed by atoms with Crippen molar-refractivity contribution in [2.24, 2.45) is 0 Å². The number of hydrogen-bond donors (Lipinski definition) is 0. The zero-order valence-corrected chi connectivity index (χ0v) is 48.6. The molecule has 0 bridgehead atoms. The van der Waals surface area contributed by atoms with Gasteiger partial charge in [-0.15, -0.1) is 0 Å². The minimum absolute atomic E-state index is 0.707. The van der Waals surface area contributed by atoms with Gasteiger partial charge in [0.15, 0.2) is 34.5 Å². The molecule has 0 saturated heterocycles. The molecule has 0 aliphatic carbocycles. The van der Waals surface area contributed by atoms with Crippen molar-refractivity contribution < 1.29 is 14.2 Å². The lowest BCUT2D eigenvalue weighted by molar-refractivity contribution is 0.475. The number of fused-ring (bicyclic) bond motifs is 6. The zero-order chi connectivity index (χ0) is 59.5. The standard InChI is InChI=1S/C82H53N5O3/c1-4-24-54(25-5-1)61-30-22-32-63(83-61)56-46-50-59(51-47-56)78-77(58-28-8-3-9-29-58)79(60-52-48-57(49-53-60)64-33-23-31-62(84-64)55-26-6-2-7-27-55)81(86-67-36-12-18-42-73(67)89-74-43-19-13-37-68(74)86)82(87-69-38-14-20-44-75(69)90-76-45-21-15-39-70(76)87)80(78)85-65-34-10-16-40-71(65)88-72-41-17-11-35-66(72)85/h1-53H. The number of para-hydroxylation sites is 12. The van der Waals surface area contributed by atoms with Gasteiger partial charge in [-0.1, -0.05) is 224 Å². The van der Waals surface area contributed by atoms with Crippen LogP contribution in [0.5, 0.6) is 34.5 Å². The van der Waals surface area contributed by atoms with Crippen LogP contribution in [-0.4, -0.2) is 9.97 Å². The van der Waals surface area contributed by atoms with Gasteiger partial charge in [0, 0.05) is 38.9 Å². The summed E-state index contributed by atoms with van der Waals surface area (Å²) in [4.78, 5) is 17.9. The summed E-state index contributed by atoms with van der Waals surface area (Å²) in [5.41, 5.74) is 21.3. The smallest absolute Gasteiger partial charge is 0.151 e. The largest absolute Gasteiger partial charge is 0.453 e. The number of pyridine rings is 2. The van der Waals surface area contributed by atoms with E-state index in [9.17, 15) is 0 Å². The molecular weight excluding hydrogens is 1100 g/mol. The van der Waals surface area contributed by atoms with Crippen molar-refractivity contribution in [2.75, 3.05) is 14.7 Å². The summed E-state index contributed by atoms with van der Waals surface area (Å²) < 4.78 is 21.0. The van der Waals surface area contributed by atoms with Crippen LogP contribution in [0.25, 0.3) is 78.4 Å². The number of rotatable bonds is 10. The van der Waals surface area contributed by atoms with Crippen molar-refractivity contribution in [1.82, 2.24) is 9.97 Å². The molecule has 3 aliphatic heterocycles. The molecule has 17 rings (SSSR count). The van der Waals surface area contributed by atoms with Crippen molar-refractivity contribution in [3.8, 4) is 113 Å². The predicted octanol–water partition coefficient (Wildman–Crippen LogP) is 22.9. The Bertz CT molecular complexity index is 4670. The van der Waals surface area contributed by atoms with E-state index in [0.29, 0.717) is 34.5 Å². The van der Waals surface area contributed by atoms with E-state index in [0.717, 1.165) is 130 Å². The third-order valence-electron chi connectivity index (χ3n) is 17.0. The van der Waals surface area contributed by atoms with Gasteiger partial charge < -0.3 is 24.0 Å². The van der Waals surface area contributed by atoms with Crippen LogP contribution < -0.4 is 28.9 Å². The van der Waals surface area contributed by atoms with E-state index in [-0.39, 0.29) is 0 Å². The fourth-order valence-electron chi connectivity index (χ4n) is 13.0. The first kappa shape index (κ1) is 52.1. The van der Waals surface area contributed by atoms with Gasteiger partial charge >= 0.3 is 0 Å². The molecule has 8 nitrogen and oxygen atoms in total. The van der Waals surface area contributed by atoms with Crippen LogP contribution >= 0.6 is 0 Å². The minimum Gasteiger partial charge on any atom is -0.453 e. The van der Waals surface area contributed by atoms with E-state index >= 15 is 0 Å². The highest BCUT2D eigenvalue weighted by atomic mass is 16.5. The van der Waals surface area contributed by atoms with Gasteiger partial charge in [-0.05, 0) is 114 Å². The maximum absolute atomic E-state index is 7.01. The maximum atomic E-state index is 7.01. The second kappa shape index (κ2) is 21.9. The molecule has 0 saturated carbocycles. The number of aromatic nitrogens is 2. The monoisotopic (exact) mass is 1160 g/mol. The summed E-state index contributed by atoms with van der Waals surface area (Å²) in [5.74, 6) is 4.27. The summed E-state index contributed by atoms with van der Waals surface area (Å²) in [6.07, 6.45) is 0. The van der Waals surface area contributed by atoms with Crippen molar-refractivity contribution >= 4 is 51.2 Å². The minimum atomic E-state index is 0.707. The Balaban J connectivity index is 1.06. The molecule has 12 aromatic carbocycles. The molecule has 90 heavy (non-hydrogen) atoms. The Labute approximate surface area is 521 Å². The summed E-state index contributed by atoms with van der Waals surface area (Å²) >= 11 is 0. The summed E-state index contributed by atoms with van der Waals surface area (Å²) in [6.45, 7) is 0. The van der Waals surface area contributed by atoms with E-state index in [1.165, 1.54) is 0 Å². The summed E-state index contributed by atoms with van der Waals surface area (Å²) in [5, 5.41) is 0. The van der Waals surface area contributed by atoms with Gasteiger partial charge in [0.25, 0.3) is 0 Å². The SMILES string of the molecule is c1ccc(-c2cccc(-c3ccc(-c4c(-c5ccccc5)c(-c5ccc(-c6cccc(-c7ccccc7)n6)cc5)c(N5c6ccccc6Oc6ccccc65)c(N5c6ccccc6Oc6ccccc65)c4N4c5ccccc5Oc5ccccc54)cc3)n2)cc1. The van der Waals surface area contributed by atoms with Crippen LogP contribution in [0.3, 0.4) is 0 Å². The molecule has 2 aromatic heterocycles. The van der Waals surface area contributed by atoms with Crippen molar-refractivity contribution in [2.45, 2.75) is 0 Å². The molecule has 0 radical (unpaired) electrons. The fourth-order valence-corrected chi connectivity index (χ4v) is 13.0. The molecule has 14 aromatic rings. The second-order valence-electron chi connectivity index (χ2n) is 22.4. The van der Waals surface area contributed by atoms with E-state index in [4.69, 9.17) is 24.2 Å². The molecule has 0 unspecified atom stereocenters. The van der Waals surface area contributed by atoms with Crippen LogP contribution in [0, 0.1) is 0 Å². The fraction of sp³-hybridized carbons (Fsp3) is 0. The van der Waals surface area contributed by atoms with Gasteiger partial charge in [-0.25, -0.2) is 9.97 Å². The second-order valence-corrected chi connectivity index (χ2v) is 22.4. The number of anilines is 9. The highest BCUT2D eigenvalue weighted by Crippen LogP contribution is 2.68. The molecule has 5 heterocycles. The van der Waals surface area contributed by atoms with E-state index in [1.54, 1.807) is 0 Å². The van der Waals surface area contributed by atoms with Gasteiger partial charge in [0.2, 0.25) is 0 Å². The third-order valence-corrected chi connectivity index (χ3v) is 17.0. The van der Waals surface area contributed by atoms with Crippen molar-refractivity contribution in [1.29, 1.82) is 0 Å². The number of hydrogen-bond acceptors (Lipinski definition) is 8. The van der Waals surface area contributed by atoms with Crippen LogP contribution in [0.1, 0.15) is 0 Å². The lowest BCUT2D eigenvalue weighted by Crippen LogP contribution is -2.26. The molecule has 0 spiro atoms. The van der Waals surface area contributed by atoms with Gasteiger partial charge in [-0.3, -0.25) is 4.90 Å². The highest BCUT2D eigenvalue weighted by molar-refractivity contribution is 6.19. The number of ether oxygens (including phenoxy) is 3. The normalized spacial score (nSPS) is 12.4. The summed E-state index contributed by atoms with van der Waals surface area (Å²) in [7, 11) is 0. The first-order chi connectivity index (χ1) is 44.7. The van der Waals surface area contributed by atoms with Crippen molar-refractivity contribution in [3.63, 3.8) is 0 Å². The molecule has 0 fully saturated rings. The Hall–Kier alpha value is -12.3. The van der Waals surface area contributed by atoms with Crippen LogP contribution in [-0.2, 0) is 0 Å². The average molecular weight is 1160 g/mol. The van der Waals surface area contributed by atoms with Crippen LogP contribution in [0.15, 0.2) is 322 Å². The van der Waals surface area contributed by atoms with Gasteiger partial charge in [0.05, 0.1) is 74.0 Å². The molecule has 8 heteroatoms. The zero-order valence-electron chi connectivity index (χ0n) is 48.6. The molecule has 0 amide bonds. The van der Waals surface area contributed by atoms with E-state index in [2.05, 4.69) is 288 Å². The first-order valence-electron chi connectivity index (χ1n) is 30.2. The molecular formula is C82H53N5O3. The van der Waals surface area contributed by atoms with Gasteiger partial charge in [-0.2, -0.15) is 0 Å². The maximum Gasteiger partial charge on any atom is 0.151 e. The number of benzene rings is 12. The lowest BCUT2D eigenvalue weighted by atomic mass is 9.82. The van der Waals surface area contributed by atoms with E-state index in [1.807, 2.05) is 48.5 Å². The van der Waals surface area contributed by atoms with Crippen LogP contribution in [0.4, 0.5) is 51.2 Å². The highest BCUT2D eigenvalue weighted by Gasteiger charge is 2.43. The third kappa shape index (κ3) is 8.92. The quantitative estimate of drug-likeness (QED) is 0.134. The lowest BCUT2D eigenvalue weighted by Gasteiger charge is -2.44. The Morgan fingerprint density at radius 2 is 0.400 bits per heavy atom. The van der Waals surface area contributed by atoms with Gasteiger partial charge in [0.1, 0.15) is 0 Å².